The van der Waals surface area contributed by atoms with Gasteiger partial charge in [-0.2, -0.15) is 0 Å². The van der Waals surface area contributed by atoms with Gasteiger partial charge in [-0.25, -0.2) is 0 Å². The molecule has 4 heteroatoms. The molecule has 1 aliphatic carbocycles. The molecule has 0 radical (unpaired) electrons. The molecule has 4 nitrogen and oxygen atoms in total. The van der Waals surface area contributed by atoms with Crippen LogP contribution in [0.15, 0.2) is 0 Å². The van der Waals surface area contributed by atoms with E-state index in [9.17, 15) is 9.90 Å². The van der Waals surface area contributed by atoms with Crippen molar-refractivity contribution in [2.24, 2.45) is 5.92 Å². The molecule has 0 aliphatic heterocycles. The minimum atomic E-state index is -0.670. The van der Waals surface area contributed by atoms with Gasteiger partial charge < -0.3 is 15.3 Å². The summed E-state index contributed by atoms with van der Waals surface area (Å²) in [4.78, 5) is 13.6. The zero-order valence-corrected chi connectivity index (χ0v) is 12.0. The Balaban J connectivity index is 2.48. The molecule has 0 aromatic rings. The molecule has 0 atom stereocenters. The van der Waals surface area contributed by atoms with Crippen LogP contribution in [0.5, 0.6) is 0 Å². The van der Waals surface area contributed by atoms with Gasteiger partial charge in [-0.05, 0) is 45.7 Å². The molecule has 1 rings (SSSR count). The summed E-state index contributed by atoms with van der Waals surface area (Å²) >= 11 is 0. The van der Waals surface area contributed by atoms with Crippen molar-refractivity contribution in [1.29, 1.82) is 0 Å². The number of carboxylic acids is 1. The highest BCUT2D eigenvalue weighted by molar-refractivity contribution is 5.78. The number of likely N-dealkylation sites (N-methyl/N-ethyl adjacent to an activating group) is 1. The fourth-order valence-corrected chi connectivity index (χ4v) is 2.85. The van der Waals surface area contributed by atoms with Gasteiger partial charge in [0.2, 0.25) is 0 Å². The average Bonchev–Trinajstić information content (AvgIpc) is 2.31. The monoisotopic (exact) mass is 256 g/mol. The Bertz CT molecular complexity index is 259. The molecular formula is C14H28N2O2. The number of rotatable bonds is 7. The topological polar surface area (TPSA) is 52.6 Å². The van der Waals surface area contributed by atoms with Crippen LogP contribution in [0, 0.1) is 5.92 Å². The number of carboxylic acid groups (broad SMARTS) is 1. The van der Waals surface area contributed by atoms with Gasteiger partial charge in [0.1, 0.15) is 5.54 Å². The van der Waals surface area contributed by atoms with Crippen molar-refractivity contribution in [2.75, 3.05) is 27.2 Å². The number of nitrogens with zero attached hydrogens (tertiary/aromatic N) is 1. The first-order valence-corrected chi connectivity index (χ1v) is 7.13. The molecule has 0 spiro atoms. The van der Waals surface area contributed by atoms with Crippen LogP contribution < -0.4 is 5.32 Å². The molecule has 1 fully saturated rings. The quantitative estimate of drug-likeness (QED) is 0.731. The highest BCUT2D eigenvalue weighted by Gasteiger charge is 2.41. The van der Waals surface area contributed by atoms with Crippen molar-refractivity contribution in [3.8, 4) is 0 Å². The first kappa shape index (κ1) is 15.4. The van der Waals surface area contributed by atoms with Gasteiger partial charge in [0.15, 0.2) is 0 Å². The number of nitrogens with one attached hydrogen (secondary N) is 1. The third kappa shape index (κ3) is 4.25. The van der Waals surface area contributed by atoms with E-state index in [4.69, 9.17) is 0 Å². The molecule has 0 bridgehead atoms. The molecule has 1 saturated carbocycles. The summed E-state index contributed by atoms with van der Waals surface area (Å²) in [5.41, 5.74) is -0.666. The third-order valence-electron chi connectivity index (χ3n) is 4.09. The lowest BCUT2D eigenvalue weighted by molar-refractivity contribution is -0.146. The Morgan fingerprint density at radius 3 is 2.44 bits per heavy atom. The van der Waals surface area contributed by atoms with E-state index in [-0.39, 0.29) is 0 Å². The highest BCUT2D eigenvalue weighted by Crippen LogP contribution is 2.34. The standard InChI is InChI=1S/C14H28N2O2/c1-4-5-12-6-8-14(9-7-12,13(17)18)15-10-11-16(2)3/h12,15H,4-11H2,1-3H3,(H,17,18). The van der Waals surface area contributed by atoms with Gasteiger partial charge in [0.25, 0.3) is 0 Å². The average molecular weight is 256 g/mol. The van der Waals surface area contributed by atoms with Gasteiger partial charge in [-0.15, -0.1) is 0 Å². The van der Waals surface area contributed by atoms with Crippen LogP contribution in [-0.4, -0.2) is 48.7 Å². The normalized spacial score (nSPS) is 28.6. The first-order valence-electron chi connectivity index (χ1n) is 7.13. The Morgan fingerprint density at radius 1 is 1.39 bits per heavy atom. The van der Waals surface area contributed by atoms with Crippen molar-refractivity contribution < 1.29 is 9.90 Å². The van der Waals surface area contributed by atoms with Crippen molar-refractivity contribution >= 4 is 5.97 Å². The molecular weight excluding hydrogens is 228 g/mol. The van der Waals surface area contributed by atoms with Crippen molar-refractivity contribution in [2.45, 2.75) is 51.0 Å². The Kier molecular flexibility index (Phi) is 6.09. The van der Waals surface area contributed by atoms with Crippen LogP contribution in [0.4, 0.5) is 0 Å². The van der Waals surface area contributed by atoms with E-state index in [2.05, 4.69) is 17.1 Å². The maximum Gasteiger partial charge on any atom is 0.323 e. The molecule has 0 unspecified atom stereocenters. The van der Waals surface area contributed by atoms with Crippen LogP contribution in [0.1, 0.15) is 45.4 Å². The lowest BCUT2D eigenvalue weighted by Crippen LogP contribution is -2.55. The Labute approximate surface area is 111 Å². The molecule has 0 amide bonds. The van der Waals surface area contributed by atoms with Gasteiger partial charge in [-0.1, -0.05) is 19.8 Å². The summed E-state index contributed by atoms with van der Waals surface area (Å²) in [6.45, 7) is 3.83. The van der Waals surface area contributed by atoms with Crippen LogP contribution in [0.3, 0.4) is 0 Å². The second-order valence-corrected chi connectivity index (χ2v) is 5.85. The second kappa shape index (κ2) is 7.10. The maximum atomic E-state index is 11.5. The predicted octanol–water partition coefficient (Wildman–Crippen LogP) is 1.95. The van der Waals surface area contributed by atoms with Crippen molar-refractivity contribution in [1.82, 2.24) is 10.2 Å². The maximum absolute atomic E-state index is 11.5. The number of carbonyl (C=O) groups is 1. The van der Waals surface area contributed by atoms with Gasteiger partial charge >= 0.3 is 5.97 Å². The summed E-state index contributed by atoms with van der Waals surface area (Å²) < 4.78 is 0. The lowest BCUT2D eigenvalue weighted by Gasteiger charge is -2.38. The van der Waals surface area contributed by atoms with Crippen molar-refractivity contribution in [3.63, 3.8) is 0 Å². The summed E-state index contributed by atoms with van der Waals surface area (Å²) in [6.07, 6.45) is 6.11. The number of hydrogen-bond donors (Lipinski definition) is 2. The summed E-state index contributed by atoms with van der Waals surface area (Å²) in [6, 6.07) is 0. The molecule has 106 valence electrons. The van der Waals surface area contributed by atoms with E-state index in [1.54, 1.807) is 0 Å². The number of aliphatic carboxylic acids is 1. The summed E-state index contributed by atoms with van der Waals surface area (Å²) in [5.74, 6) is 0.0642. The smallest absolute Gasteiger partial charge is 0.323 e. The van der Waals surface area contributed by atoms with Crippen LogP contribution in [0.25, 0.3) is 0 Å². The highest BCUT2D eigenvalue weighted by atomic mass is 16.4. The second-order valence-electron chi connectivity index (χ2n) is 5.85. The molecule has 0 aromatic carbocycles. The van der Waals surface area contributed by atoms with Crippen LogP contribution >= 0.6 is 0 Å². The largest absolute Gasteiger partial charge is 0.480 e. The fourth-order valence-electron chi connectivity index (χ4n) is 2.85. The lowest BCUT2D eigenvalue weighted by atomic mass is 9.75. The van der Waals surface area contributed by atoms with E-state index in [0.29, 0.717) is 0 Å². The van der Waals surface area contributed by atoms with Gasteiger partial charge in [0.05, 0.1) is 0 Å². The molecule has 0 aromatic heterocycles. The van der Waals surface area contributed by atoms with Crippen LogP contribution in [-0.2, 0) is 4.79 Å². The first-order chi connectivity index (χ1) is 8.50. The van der Waals surface area contributed by atoms with Gasteiger partial charge in [0, 0.05) is 13.1 Å². The third-order valence-corrected chi connectivity index (χ3v) is 4.09. The fraction of sp³-hybridized carbons (Fsp3) is 0.929. The van der Waals surface area contributed by atoms with Gasteiger partial charge in [-0.3, -0.25) is 4.79 Å². The van der Waals surface area contributed by atoms with E-state index >= 15 is 0 Å². The Morgan fingerprint density at radius 2 is 2.00 bits per heavy atom. The summed E-state index contributed by atoms with van der Waals surface area (Å²) in [5, 5.41) is 12.8. The minimum Gasteiger partial charge on any atom is -0.480 e. The van der Waals surface area contributed by atoms with Crippen molar-refractivity contribution in [3.05, 3.63) is 0 Å². The van der Waals surface area contributed by atoms with E-state index in [1.807, 2.05) is 14.1 Å². The molecule has 18 heavy (non-hydrogen) atoms. The minimum absolute atomic E-state index is 0.666. The molecule has 0 heterocycles. The predicted molar refractivity (Wildman–Crippen MR) is 73.8 cm³/mol. The zero-order chi connectivity index (χ0) is 13.6. The van der Waals surface area contributed by atoms with E-state index < -0.39 is 11.5 Å². The SMILES string of the molecule is CCCC1CCC(NCCN(C)C)(C(=O)O)CC1. The summed E-state index contributed by atoms with van der Waals surface area (Å²) in [7, 11) is 4.01. The van der Waals surface area contributed by atoms with E-state index in [1.165, 1.54) is 12.8 Å². The van der Waals surface area contributed by atoms with Crippen LogP contribution in [0.2, 0.25) is 0 Å². The Hall–Kier alpha value is -0.610. The molecule has 1 aliphatic rings. The number of hydrogen-bond acceptors (Lipinski definition) is 3. The molecule has 2 N–H and O–H groups in total. The van der Waals surface area contributed by atoms with E-state index in [0.717, 1.165) is 44.7 Å². The zero-order valence-electron chi connectivity index (χ0n) is 12.0. The molecule has 0 saturated heterocycles.